The highest BCUT2D eigenvalue weighted by Gasteiger charge is 2.31. The fraction of sp³-hybridized carbons (Fsp3) is 0.222. The van der Waals surface area contributed by atoms with E-state index >= 15 is 0 Å². The summed E-state index contributed by atoms with van der Waals surface area (Å²) in [5.41, 5.74) is 6.58. The van der Waals surface area contributed by atoms with Crippen LogP contribution in [0.1, 0.15) is 45.2 Å². The van der Waals surface area contributed by atoms with Crippen molar-refractivity contribution in [3.8, 4) is 5.75 Å². The highest BCUT2D eigenvalue weighted by molar-refractivity contribution is 6.31. The molecule has 1 N–H and O–H groups in total. The van der Waals surface area contributed by atoms with Gasteiger partial charge in [-0.15, -0.1) is 5.10 Å². The van der Waals surface area contributed by atoms with Crippen LogP contribution in [0, 0.1) is 13.8 Å². The first kappa shape index (κ1) is 30.2. The molecule has 45 heavy (non-hydrogen) atoms. The van der Waals surface area contributed by atoms with Crippen LogP contribution in [-0.4, -0.2) is 37.2 Å². The molecule has 0 aliphatic carbocycles. The quantitative estimate of drug-likeness (QED) is 0.171. The van der Waals surface area contributed by atoms with Gasteiger partial charge in [0.25, 0.3) is 5.56 Å². The van der Waals surface area contributed by atoms with Crippen LogP contribution < -0.4 is 10.3 Å². The monoisotopic (exact) mass is 618 g/mol. The molecule has 0 amide bonds. The molecule has 1 atom stereocenters. The number of tetrazole rings is 1. The molecule has 0 bridgehead atoms. The van der Waals surface area contributed by atoms with E-state index < -0.39 is 6.04 Å². The molecule has 0 aliphatic heterocycles. The number of nitrogens with one attached hydrogen (secondary N) is 1. The lowest BCUT2D eigenvalue weighted by atomic mass is 9.99. The van der Waals surface area contributed by atoms with Gasteiger partial charge in [0.15, 0.2) is 5.82 Å². The third-order valence-corrected chi connectivity index (χ3v) is 8.65. The molecule has 6 rings (SSSR count). The van der Waals surface area contributed by atoms with E-state index in [1.807, 2.05) is 90.5 Å². The molecule has 2 aromatic heterocycles. The number of aryl methyl sites for hydroxylation is 4. The minimum absolute atomic E-state index is 0.188. The molecule has 0 aliphatic rings. The van der Waals surface area contributed by atoms with Gasteiger partial charge in [0, 0.05) is 35.7 Å². The van der Waals surface area contributed by atoms with Gasteiger partial charge in [-0.3, -0.25) is 9.69 Å². The van der Waals surface area contributed by atoms with Gasteiger partial charge in [-0.25, -0.2) is 4.68 Å². The number of rotatable bonds is 11. The van der Waals surface area contributed by atoms with Crippen LogP contribution in [0.5, 0.6) is 5.75 Å². The molecule has 6 aromatic rings. The number of halogens is 1. The molecule has 9 heteroatoms. The highest BCUT2D eigenvalue weighted by Crippen LogP contribution is 2.32. The Morgan fingerprint density at radius 2 is 1.62 bits per heavy atom. The molecule has 0 fully saturated rings. The molecular weight excluding hydrogens is 584 g/mol. The van der Waals surface area contributed by atoms with Gasteiger partial charge in [0.2, 0.25) is 0 Å². The Labute approximate surface area is 267 Å². The summed E-state index contributed by atoms with van der Waals surface area (Å²) in [7, 11) is 1.65. The Bertz CT molecular complexity index is 1970. The van der Waals surface area contributed by atoms with E-state index in [4.69, 9.17) is 16.3 Å². The number of aromatic amines is 1. The zero-order chi connectivity index (χ0) is 31.3. The average molecular weight is 619 g/mol. The number of fused-ring (bicyclic) bond motifs is 1. The van der Waals surface area contributed by atoms with Gasteiger partial charge < -0.3 is 9.72 Å². The highest BCUT2D eigenvalue weighted by atomic mass is 35.5. The van der Waals surface area contributed by atoms with Crippen molar-refractivity contribution in [1.82, 2.24) is 30.1 Å². The van der Waals surface area contributed by atoms with Crippen molar-refractivity contribution in [3.05, 3.63) is 152 Å². The van der Waals surface area contributed by atoms with Crippen molar-refractivity contribution in [2.45, 2.75) is 45.9 Å². The summed E-state index contributed by atoms with van der Waals surface area (Å²) in [6.07, 6.45) is 0.737. The van der Waals surface area contributed by atoms with Crippen LogP contribution in [0.4, 0.5) is 0 Å². The topological polar surface area (TPSA) is 88.9 Å². The molecule has 228 valence electrons. The van der Waals surface area contributed by atoms with Crippen molar-refractivity contribution in [2.24, 2.45) is 0 Å². The summed E-state index contributed by atoms with van der Waals surface area (Å²) < 4.78 is 7.22. The minimum atomic E-state index is -0.594. The lowest BCUT2D eigenvalue weighted by molar-refractivity contribution is 0.193. The Kier molecular flexibility index (Phi) is 9.05. The van der Waals surface area contributed by atoms with E-state index in [1.54, 1.807) is 7.11 Å². The van der Waals surface area contributed by atoms with E-state index in [1.165, 1.54) is 5.56 Å². The SMILES string of the molecule is COc1ccc(CN(Cc2ccccc2Cl)[C@H](c2cc3cc(C)c(C)cc3[nH]c2=O)c2nnnn2CCc2ccccc2)cc1. The van der Waals surface area contributed by atoms with Gasteiger partial charge in [0.1, 0.15) is 11.8 Å². The Morgan fingerprint density at radius 1 is 0.889 bits per heavy atom. The predicted molar refractivity (Wildman–Crippen MR) is 178 cm³/mol. The summed E-state index contributed by atoms with van der Waals surface area (Å²) in [5, 5.41) is 14.7. The summed E-state index contributed by atoms with van der Waals surface area (Å²) in [5.74, 6) is 1.36. The number of benzene rings is 4. The number of nitrogens with zero attached hydrogens (tertiary/aromatic N) is 5. The summed E-state index contributed by atoms with van der Waals surface area (Å²) in [4.78, 5) is 19.4. The molecular formula is C36H35ClN6O2. The van der Waals surface area contributed by atoms with Crippen LogP contribution in [-0.2, 0) is 26.1 Å². The Hall–Kier alpha value is -4.79. The molecule has 4 aromatic carbocycles. The van der Waals surface area contributed by atoms with Crippen molar-refractivity contribution in [1.29, 1.82) is 0 Å². The van der Waals surface area contributed by atoms with Gasteiger partial charge in [-0.2, -0.15) is 0 Å². The third-order valence-electron chi connectivity index (χ3n) is 8.28. The van der Waals surface area contributed by atoms with E-state index in [9.17, 15) is 4.79 Å². The number of H-pyrrole nitrogens is 1. The minimum Gasteiger partial charge on any atom is -0.497 e. The molecule has 0 radical (unpaired) electrons. The van der Waals surface area contributed by atoms with Gasteiger partial charge >= 0.3 is 0 Å². The summed E-state index contributed by atoms with van der Waals surface area (Å²) >= 11 is 6.72. The number of ether oxygens (including phenoxy) is 1. The Balaban J connectivity index is 1.51. The second-order valence-electron chi connectivity index (χ2n) is 11.3. The number of hydrogen-bond donors (Lipinski definition) is 1. The number of pyridine rings is 1. The number of hydrogen-bond acceptors (Lipinski definition) is 6. The molecule has 0 unspecified atom stereocenters. The zero-order valence-electron chi connectivity index (χ0n) is 25.6. The van der Waals surface area contributed by atoms with Crippen molar-refractivity contribution >= 4 is 22.5 Å². The molecule has 2 heterocycles. The van der Waals surface area contributed by atoms with Gasteiger partial charge in [-0.1, -0.05) is 72.3 Å². The first-order valence-electron chi connectivity index (χ1n) is 14.9. The maximum Gasteiger partial charge on any atom is 0.253 e. The molecule has 0 saturated heterocycles. The lowest BCUT2D eigenvalue weighted by Gasteiger charge is -2.31. The molecule has 0 saturated carbocycles. The largest absolute Gasteiger partial charge is 0.497 e. The average Bonchev–Trinajstić information content (AvgIpc) is 3.51. The fourth-order valence-electron chi connectivity index (χ4n) is 5.69. The first-order valence-corrected chi connectivity index (χ1v) is 15.3. The van der Waals surface area contributed by atoms with Crippen molar-refractivity contribution < 1.29 is 4.74 Å². The van der Waals surface area contributed by atoms with Crippen LogP contribution in [0.25, 0.3) is 10.9 Å². The standard InChI is InChI=1S/C36H35ClN6O2/c1-24-19-29-21-31(36(44)38-33(29)20-25(24)2)34(35-39-40-41-43(35)18-17-26-9-5-4-6-10-26)42(23-28-11-7-8-12-32(28)37)22-27-13-15-30(45-3)16-14-27/h4-16,19-21,34H,17-18,22-23H2,1-3H3,(H,38,44)/t34-/m1/s1. The third kappa shape index (κ3) is 6.82. The smallest absolute Gasteiger partial charge is 0.253 e. The summed E-state index contributed by atoms with van der Waals surface area (Å²) in [6.45, 7) is 5.62. The number of aromatic nitrogens is 5. The lowest BCUT2D eigenvalue weighted by Crippen LogP contribution is -2.35. The van der Waals surface area contributed by atoms with E-state index in [0.29, 0.717) is 36.0 Å². The summed E-state index contributed by atoms with van der Waals surface area (Å²) in [6, 6.07) is 31.5. The van der Waals surface area contributed by atoms with E-state index in [2.05, 4.69) is 50.5 Å². The second kappa shape index (κ2) is 13.5. The van der Waals surface area contributed by atoms with E-state index in [-0.39, 0.29) is 5.56 Å². The maximum absolute atomic E-state index is 14.0. The van der Waals surface area contributed by atoms with Gasteiger partial charge in [0.05, 0.1) is 7.11 Å². The maximum atomic E-state index is 14.0. The van der Waals surface area contributed by atoms with Crippen molar-refractivity contribution in [2.75, 3.05) is 7.11 Å². The van der Waals surface area contributed by atoms with Gasteiger partial charge in [-0.05, 0) is 100 Å². The van der Waals surface area contributed by atoms with Crippen LogP contribution >= 0.6 is 11.6 Å². The fourth-order valence-corrected chi connectivity index (χ4v) is 5.89. The van der Waals surface area contributed by atoms with Crippen LogP contribution in [0.15, 0.2) is 102 Å². The first-order chi connectivity index (χ1) is 21.9. The Morgan fingerprint density at radius 3 is 2.38 bits per heavy atom. The van der Waals surface area contributed by atoms with Crippen LogP contribution in [0.2, 0.25) is 5.02 Å². The second-order valence-corrected chi connectivity index (χ2v) is 11.7. The molecule has 8 nitrogen and oxygen atoms in total. The molecule has 0 spiro atoms. The normalized spacial score (nSPS) is 12.1. The zero-order valence-corrected chi connectivity index (χ0v) is 26.3. The predicted octanol–water partition coefficient (Wildman–Crippen LogP) is 6.83. The number of methoxy groups -OCH3 is 1. The van der Waals surface area contributed by atoms with Crippen molar-refractivity contribution in [3.63, 3.8) is 0 Å². The van der Waals surface area contributed by atoms with Crippen LogP contribution in [0.3, 0.4) is 0 Å². The van der Waals surface area contributed by atoms with E-state index in [0.717, 1.165) is 45.3 Å².